The molecule has 0 bridgehead atoms. The quantitative estimate of drug-likeness (QED) is 0.381. The number of nitrogens with zero attached hydrogens (tertiary/aromatic N) is 2. The van der Waals surface area contributed by atoms with E-state index in [1.54, 1.807) is 16.8 Å². The van der Waals surface area contributed by atoms with E-state index in [2.05, 4.69) is 16.0 Å². The topological polar surface area (TPSA) is 41.0 Å². The van der Waals surface area contributed by atoms with Crippen LogP contribution in [-0.2, 0) is 19.1 Å². The number of nitrogens with one attached hydrogen (secondary N) is 1. The monoisotopic (exact) mass is 485 g/mol. The third-order valence-corrected chi connectivity index (χ3v) is 7.02. The second kappa shape index (κ2) is 8.32. The lowest BCUT2D eigenvalue weighted by atomic mass is 9.99. The number of rotatable bonds is 2. The predicted molar refractivity (Wildman–Crippen MR) is 129 cm³/mol. The summed E-state index contributed by atoms with van der Waals surface area (Å²) in [5, 5.41) is 1.20. The maximum Gasteiger partial charge on any atom is 0.416 e. The van der Waals surface area contributed by atoms with Gasteiger partial charge in [0.05, 0.1) is 11.3 Å². The molecule has 0 amide bonds. The lowest BCUT2D eigenvalue weighted by Crippen LogP contribution is -2.34. The van der Waals surface area contributed by atoms with Crippen LogP contribution in [0.1, 0.15) is 29.7 Å². The van der Waals surface area contributed by atoms with Crippen molar-refractivity contribution in [2.24, 2.45) is 0 Å². The molecule has 4 aromatic rings. The van der Waals surface area contributed by atoms with E-state index in [-0.39, 0.29) is 18.0 Å². The van der Waals surface area contributed by atoms with E-state index in [1.165, 1.54) is 47.7 Å². The second-order valence-corrected chi connectivity index (χ2v) is 8.98. The van der Waals surface area contributed by atoms with Crippen LogP contribution in [0.3, 0.4) is 0 Å². The lowest BCUT2D eigenvalue weighted by molar-refractivity contribution is -0.137. The molecule has 176 valence electrons. The maximum atomic E-state index is 12.9. The molecular weight excluding hydrogens is 463 g/mol. The molecule has 4 nitrogen and oxygen atoms in total. The van der Waals surface area contributed by atoms with Crippen LogP contribution < -0.4 is 5.56 Å². The highest BCUT2D eigenvalue weighted by Gasteiger charge is 2.32. The number of aromatic nitrogens is 2. The number of alkyl halides is 3. The Balaban J connectivity index is 0.00000241. The first kappa shape index (κ1) is 22.7. The summed E-state index contributed by atoms with van der Waals surface area (Å²) < 4.78 is 40.0. The number of aromatic amines is 1. The number of halogens is 4. The third kappa shape index (κ3) is 3.83. The molecule has 0 saturated carbocycles. The van der Waals surface area contributed by atoms with E-state index in [1.807, 2.05) is 12.1 Å². The average molecular weight is 486 g/mol. The molecule has 0 spiro atoms. The summed E-state index contributed by atoms with van der Waals surface area (Å²) in [5.74, 6) is 0. The molecule has 2 aliphatic heterocycles. The minimum atomic E-state index is -4.38. The van der Waals surface area contributed by atoms with Crippen molar-refractivity contribution in [3.05, 3.63) is 88.0 Å². The smallest absolute Gasteiger partial charge is 0.358 e. The summed E-state index contributed by atoms with van der Waals surface area (Å²) in [7, 11) is 0. The Kier molecular flexibility index (Phi) is 5.57. The van der Waals surface area contributed by atoms with E-state index >= 15 is 0 Å². The van der Waals surface area contributed by atoms with Gasteiger partial charge in [-0.2, -0.15) is 13.2 Å². The van der Waals surface area contributed by atoms with Gasteiger partial charge in [-0.05, 0) is 66.4 Å². The minimum Gasteiger partial charge on any atom is -0.358 e. The molecule has 0 aliphatic carbocycles. The van der Waals surface area contributed by atoms with E-state index in [0.717, 1.165) is 42.8 Å². The number of hydrogen-bond acceptors (Lipinski definition) is 2. The number of pyridine rings is 1. The second-order valence-electron chi connectivity index (χ2n) is 8.98. The summed E-state index contributed by atoms with van der Waals surface area (Å²) in [5.41, 5.74) is 4.66. The van der Waals surface area contributed by atoms with E-state index in [0.29, 0.717) is 17.2 Å². The highest BCUT2D eigenvalue weighted by molar-refractivity contribution is 5.86. The molecule has 1 saturated heterocycles. The average Bonchev–Trinajstić information content (AvgIpc) is 3.39. The first-order valence-electron chi connectivity index (χ1n) is 11.1. The molecular formula is C26H23ClF3N3O. The van der Waals surface area contributed by atoms with Crippen LogP contribution in [0, 0.1) is 0 Å². The molecule has 6 rings (SSSR count). The van der Waals surface area contributed by atoms with Crippen LogP contribution >= 0.6 is 12.4 Å². The fourth-order valence-electron chi connectivity index (χ4n) is 5.30. The standard InChI is InChI=1S/C26H22F3N3O.ClH/c27-26(28,29)18-5-3-16(4-6-18)17-9-11-32(25(33)12-17)20-7-8-21-22-15-31-10-1-2-19(31)13-24(22)30-23(21)14-20;/h3-9,11-12,14,19,30H,1-2,10,13,15H2;1H. The Morgan fingerprint density at radius 2 is 1.76 bits per heavy atom. The normalized spacial score (nSPS) is 17.9. The van der Waals surface area contributed by atoms with Crippen molar-refractivity contribution in [1.82, 2.24) is 14.5 Å². The zero-order valence-corrected chi connectivity index (χ0v) is 19.0. The molecule has 8 heteroatoms. The highest BCUT2D eigenvalue weighted by atomic mass is 35.5. The molecule has 4 heterocycles. The van der Waals surface area contributed by atoms with Gasteiger partial charge in [0.25, 0.3) is 5.56 Å². The number of benzene rings is 2. The predicted octanol–water partition coefficient (Wildman–Crippen LogP) is 5.95. The Morgan fingerprint density at radius 1 is 0.971 bits per heavy atom. The third-order valence-electron chi connectivity index (χ3n) is 7.02. The molecule has 1 fully saturated rings. The van der Waals surface area contributed by atoms with Crippen LogP contribution in [-0.4, -0.2) is 27.0 Å². The van der Waals surface area contributed by atoms with E-state index in [9.17, 15) is 18.0 Å². The van der Waals surface area contributed by atoms with Crippen molar-refractivity contribution in [1.29, 1.82) is 0 Å². The first-order chi connectivity index (χ1) is 15.9. The number of H-pyrrole nitrogens is 1. The molecule has 1 N–H and O–H groups in total. The van der Waals surface area contributed by atoms with Crippen molar-refractivity contribution in [2.75, 3.05) is 6.54 Å². The summed E-state index contributed by atoms with van der Waals surface area (Å²) >= 11 is 0. The Bertz CT molecular complexity index is 1420. The van der Waals surface area contributed by atoms with Gasteiger partial charge in [-0.3, -0.25) is 14.3 Å². The van der Waals surface area contributed by atoms with Gasteiger partial charge in [0.15, 0.2) is 0 Å². The van der Waals surface area contributed by atoms with Crippen molar-refractivity contribution in [3.63, 3.8) is 0 Å². The van der Waals surface area contributed by atoms with Gasteiger partial charge in [-0.25, -0.2) is 0 Å². The van der Waals surface area contributed by atoms with Crippen LogP contribution in [0.15, 0.2) is 65.6 Å². The number of fused-ring (bicyclic) bond motifs is 4. The summed E-state index contributed by atoms with van der Waals surface area (Å²) in [6.45, 7) is 2.14. The van der Waals surface area contributed by atoms with Crippen molar-refractivity contribution >= 4 is 23.3 Å². The highest BCUT2D eigenvalue weighted by Crippen LogP contribution is 2.35. The zero-order valence-electron chi connectivity index (χ0n) is 18.2. The largest absolute Gasteiger partial charge is 0.416 e. The van der Waals surface area contributed by atoms with Gasteiger partial charge in [-0.1, -0.05) is 18.2 Å². The Morgan fingerprint density at radius 3 is 2.50 bits per heavy atom. The lowest BCUT2D eigenvalue weighted by Gasteiger charge is -2.29. The van der Waals surface area contributed by atoms with Crippen LogP contribution in [0.4, 0.5) is 13.2 Å². The molecule has 34 heavy (non-hydrogen) atoms. The molecule has 2 aliphatic rings. The van der Waals surface area contributed by atoms with Gasteiger partial charge < -0.3 is 4.98 Å². The summed E-state index contributed by atoms with van der Waals surface area (Å²) in [6.07, 6.45) is 0.855. The molecule has 2 aromatic heterocycles. The fourth-order valence-corrected chi connectivity index (χ4v) is 5.30. The number of hydrogen-bond donors (Lipinski definition) is 1. The van der Waals surface area contributed by atoms with Crippen molar-refractivity contribution < 1.29 is 13.2 Å². The van der Waals surface area contributed by atoms with Gasteiger partial charge in [0.1, 0.15) is 0 Å². The Hall–Kier alpha value is -3.03. The van der Waals surface area contributed by atoms with Gasteiger partial charge in [0.2, 0.25) is 0 Å². The molecule has 1 unspecified atom stereocenters. The summed E-state index contributed by atoms with van der Waals surface area (Å²) in [6, 6.07) is 14.7. The SMILES string of the molecule is Cl.O=c1cc(-c2ccc(C(F)(F)F)cc2)ccn1-c1ccc2c3c([nH]c2c1)CC1CCCN1C3. The molecule has 0 radical (unpaired) electrons. The van der Waals surface area contributed by atoms with Gasteiger partial charge in [0, 0.05) is 47.9 Å². The van der Waals surface area contributed by atoms with Gasteiger partial charge >= 0.3 is 6.18 Å². The Labute approximate surface area is 200 Å². The van der Waals surface area contributed by atoms with Crippen LogP contribution in [0.25, 0.3) is 27.7 Å². The van der Waals surface area contributed by atoms with Crippen molar-refractivity contribution in [3.8, 4) is 16.8 Å². The molecule has 2 aromatic carbocycles. The minimum absolute atomic E-state index is 0. The van der Waals surface area contributed by atoms with Crippen LogP contribution in [0.5, 0.6) is 0 Å². The molecule has 1 atom stereocenters. The summed E-state index contributed by atoms with van der Waals surface area (Å²) in [4.78, 5) is 19.0. The zero-order chi connectivity index (χ0) is 22.7. The van der Waals surface area contributed by atoms with E-state index in [4.69, 9.17) is 0 Å². The fraction of sp³-hybridized carbons (Fsp3) is 0.269. The van der Waals surface area contributed by atoms with Gasteiger partial charge in [-0.15, -0.1) is 12.4 Å². The van der Waals surface area contributed by atoms with Crippen molar-refractivity contribution in [2.45, 2.75) is 38.0 Å². The van der Waals surface area contributed by atoms with E-state index < -0.39 is 11.7 Å². The first-order valence-corrected chi connectivity index (χ1v) is 11.1. The maximum absolute atomic E-state index is 12.9. The van der Waals surface area contributed by atoms with Crippen LogP contribution in [0.2, 0.25) is 0 Å².